The standard InChI is InChI=1S/C15H15BrN4/c1-2-8-20-9-19-14(15(20)17)11-5-6-12(16)10-4-3-7-18-13(10)11/h3-7,9H,2,8,17H2,1H3. The number of hydrogen-bond acceptors (Lipinski definition) is 3. The minimum absolute atomic E-state index is 0.695. The van der Waals surface area contributed by atoms with Crippen molar-refractivity contribution in [1.29, 1.82) is 0 Å². The normalized spacial score (nSPS) is 11.1. The van der Waals surface area contributed by atoms with Gasteiger partial charge in [0.25, 0.3) is 0 Å². The Morgan fingerprint density at radius 3 is 2.90 bits per heavy atom. The molecule has 3 aromatic rings. The highest BCUT2D eigenvalue weighted by atomic mass is 79.9. The van der Waals surface area contributed by atoms with E-state index >= 15 is 0 Å². The molecule has 0 radical (unpaired) electrons. The summed E-state index contributed by atoms with van der Waals surface area (Å²) in [5.74, 6) is 0.695. The van der Waals surface area contributed by atoms with Crippen molar-refractivity contribution in [3.8, 4) is 11.3 Å². The Labute approximate surface area is 125 Å². The van der Waals surface area contributed by atoms with Gasteiger partial charge in [-0.15, -0.1) is 0 Å². The van der Waals surface area contributed by atoms with Gasteiger partial charge in [-0.3, -0.25) is 4.98 Å². The molecule has 0 atom stereocenters. The molecule has 0 aliphatic heterocycles. The molecule has 2 heterocycles. The number of fused-ring (bicyclic) bond motifs is 1. The van der Waals surface area contributed by atoms with E-state index in [1.807, 2.05) is 28.8 Å². The lowest BCUT2D eigenvalue weighted by molar-refractivity contribution is 0.686. The van der Waals surface area contributed by atoms with Crippen LogP contribution < -0.4 is 5.73 Å². The van der Waals surface area contributed by atoms with Crippen LogP contribution >= 0.6 is 15.9 Å². The minimum atomic E-state index is 0.695. The van der Waals surface area contributed by atoms with Gasteiger partial charge in [-0.05, 0) is 24.6 Å². The second kappa shape index (κ2) is 5.25. The van der Waals surface area contributed by atoms with Crippen LogP contribution in [0.3, 0.4) is 0 Å². The highest BCUT2D eigenvalue weighted by molar-refractivity contribution is 9.10. The molecule has 3 rings (SSSR count). The number of anilines is 1. The van der Waals surface area contributed by atoms with Crippen LogP contribution in [-0.4, -0.2) is 14.5 Å². The van der Waals surface area contributed by atoms with Crippen molar-refractivity contribution in [3.63, 3.8) is 0 Å². The number of hydrogen-bond donors (Lipinski definition) is 1. The molecule has 0 amide bonds. The number of halogens is 1. The maximum atomic E-state index is 6.21. The van der Waals surface area contributed by atoms with E-state index in [0.29, 0.717) is 5.82 Å². The van der Waals surface area contributed by atoms with Crippen LogP contribution in [0.5, 0.6) is 0 Å². The molecule has 0 saturated carbocycles. The second-order valence-corrected chi connectivity index (χ2v) is 5.52. The van der Waals surface area contributed by atoms with E-state index in [1.165, 1.54) is 0 Å². The predicted molar refractivity (Wildman–Crippen MR) is 85.4 cm³/mol. The Kier molecular flexibility index (Phi) is 3.44. The fourth-order valence-corrected chi connectivity index (χ4v) is 2.80. The zero-order valence-electron chi connectivity index (χ0n) is 11.2. The summed E-state index contributed by atoms with van der Waals surface area (Å²) < 4.78 is 3.00. The molecule has 5 heteroatoms. The van der Waals surface area contributed by atoms with E-state index in [2.05, 4.69) is 32.8 Å². The molecule has 2 aromatic heterocycles. The molecule has 4 nitrogen and oxygen atoms in total. The Morgan fingerprint density at radius 1 is 1.25 bits per heavy atom. The van der Waals surface area contributed by atoms with E-state index in [-0.39, 0.29) is 0 Å². The molecular formula is C15H15BrN4. The monoisotopic (exact) mass is 330 g/mol. The number of imidazole rings is 1. The van der Waals surface area contributed by atoms with Gasteiger partial charge in [-0.1, -0.05) is 28.9 Å². The van der Waals surface area contributed by atoms with Gasteiger partial charge < -0.3 is 10.3 Å². The Balaban J connectivity index is 2.23. The molecule has 0 fully saturated rings. The van der Waals surface area contributed by atoms with Crippen molar-refractivity contribution in [1.82, 2.24) is 14.5 Å². The van der Waals surface area contributed by atoms with Gasteiger partial charge in [0.2, 0.25) is 0 Å². The van der Waals surface area contributed by atoms with Gasteiger partial charge in [-0.25, -0.2) is 4.98 Å². The van der Waals surface area contributed by atoms with Gasteiger partial charge >= 0.3 is 0 Å². The fraction of sp³-hybridized carbons (Fsp3) is 0.200. The number of nitrogens with two attached hydrogens (primary N) is 1. The molecule has 20 heavy (non-hydrogen) atoms. The maximum absolute atomic E-state index is 6.21. The zero-order chi connectivity index (χ0) is 14.1. The lowest BCUT2D eigenvalue weighted by atomic mass is 10.1. The van der Waals surface area contributed by atoms with Crippen LogP contribution in [0.4, 0.5) is 5.82 Å². The predicted octanol–water partition coefficient (Wildman–Crippen LogP) is 3.85. The molecular weight excluding hydrogens is 316 g/mol. The molecule has 1 aromatic carbocycles. The van der Waals surface area contributed by atoms with Gasteiger partial charge in [0.1, 0.15) is 11.5 Å². The molecule has 2 N–H and O–H groups in total. The van der Waals surface area contributed by atoms with E-state index in [1.54, 1.807) is 12.5 Å². The molecule has 0 unspecified atom stereocenters. The summed E-state index contributed by atoms with van der Waals surface area (Å²) in [6.07, 6.45) is 4.61. The Bertz CT molecular complexity index is 764. The van der Waals surface area contributed by atoms with Crippen molar-refractivity contribution in [2.45, 2.75) is 19.9 Å². The quantitative estimate of drug-likeness (QED) is 0.793. The molecule has 0 spiro atoms. The minimum Gasteiger partial charge on any atom is -0.383 e. The van der Waals surface area contributed by atoms with Crippen molar-refractivity contribution >= 4 is 32.7 Å². The lowest BCUT2D eigenvalue weighted by Gasteiger charge is -2.07. The Morgan fingerprint density at radius 2 is 2.10 bits per heavy atom. The summed E-state index contributed by atoms with van der Waals surface area (Å²) >= 11 is 3.56. The van der Waals surface area contributed by atoms with Crippen LogP contribution in [0.25, 0.3) is 22.2 Å². The summed E-state index contributed by atoms with van der Waals surface area (Å²) in [5, 5.41) is 1.06. The van der Waals surface area contributed by atoms with Crippen LogP contribution in [0.15, 0.2) is 41.3 Å². The number of aromatic nitrogens is 3. The average Bonchev–Trinajstić information content (AvgIpc) is 2.82. The third kappa shape index (κ3) is 2.08. The van der Waals surface area contributed by atoms with Gasteiger partial charge in [0.05, 0.1) is 11.8 Å². The van der Waals surface area contributed by atoms with Gasteiger partial charge in [-0.2, -0.15) is 0 Å². The van der Waals surface area contributed by atoms with E-state index in [9.17, 15) is 0 Å². The summed E-state index contributed by atoms with van der Waals surface area (Å²) in [6.45, 7) is 3.00. The van der Waals surface area contributed by atoms with Crippen LogP contribution in [-0.2, 0) is 6.54 Å². The topological polar surface area (TPSA) is 56.7 Å². The first-order valence-electron chi connectivity index (χ1n) is 6.56. The molecule has 0 saturated heterocycles. The summed E-state index contributed by atoms with van der Waals surface area (Å²) in [4.78, 5) is 8.95. The number of nitrogen functional groups attached to an aromatic ring is 1. The second-order valence-electron chi connectivity index (χ2n) is 4.67. The van der Waals surface area contributed by atoms with E-state index in [4.69, 9.17) is 5.73 Å². The average molecular weight is 331 g/mol. The van der Waals surface area contributed by atoms with Crippen LogP contribution in [0, 0.1) is 0 Å². The number of aryl methyl sites for hydroxylation is 1. The van der Waals surface area contributed by atoms with Gasteiger partial charge in [0, 0.05) is 28.2 Å². The van der Waals surface area contributed by atoms with Crippen molar-refractivity contribution < 1.29 is 0 Å². The number of benzene rings is 1. The highest BCUT2D eigenvalue weighted by Gasteiger charge is 2.14. The Hall–Kier alpha value is -1.88. The lowest BCUT2D eigenvalue weighted by Crippen LogP contribution is -2.01. The summed E-state index contributed by atoms with van der Waals surface area (Å²) in [5.41, 5.74) is 8.89. The molecule has 0 aliphatic rings. The van der Waals surface area contributed by atoms with Crippen molar-refractivity contribution in [2.24, 2.45) is 0 Å². The first-order chi connectivity index (χ1) is 9.72. The first kappa shape index (κ1) is 13.1. The van der Waals surface area contributed by atoms with Crippen LogP contribution in [0.1, 0.15) is 13.3 Å². The molecule has 102 valence electrons. The largest absolute Gasteiger partial charge is 0.383 e. The number of nitrogens with zero attached hydrogens (tertiary/aromatic N) is 3. The first-order valence-corrected chi connectivity index (χ1v) is 7.36. The SMILES string of the molecule is CCCn1cnc(-c2ccc(Br)c3cccnc23)c1N. The molecule has 0 bridgehead atoms. The van der Waals surface area contributed by atoms with Crippen LogP contribution in [0.2, 0.25) is 0 Å². The highest BCUT2D eigenvalue weighted by Crippen LogP contribution is 2.33. The fourth-order valence-electron chi connectivity index (χ4n) is 2.35. The van der Waals surface area contributed by atoms with Crippen molar-refractivity contribution in [2.75, 3.05) is 5.73 Å². The van der Waals surface area contributed by atoms with Crippen molar-refractivity contribution in [3.05, 3.63) is 41.3 Å². The molecule has 0 aliphatic carbocycles. The number of pyridine rings is 1. The summed E-state index contributed by atoms with van der Waals surface area (Å²) in [7, 11) is 0. The maximum Gasteiger partial charge on any atom is 0.131 e. The van der Waals surface area contributed by atoms with Gasteiger partial charge in [0.15, 0.2) is 0 Å². The zero-order valence-corrected chi connectivity index (χ0v) is 12.8. The smallest absolute Gasteiger partial charge is 0.131 e. The summed E-state index contributed by atoms with van der Waals surface area (Å²) in [6, 6.07) is 7.98. The van der Waals surface area contributed by atoms with E-state index < -0.39 is 0 Å². The third-order valence-corrected chi connectivity index (χ3v) is 4.01. The van der Waals surface area contributed by atoms with E-state index in [0.717, 1.165) is 39.6 Å². The third-order valence-electron chi connectivity index (χ3n) is 3.31. The number of rotatable bonds is 3.